The molecule has 1 atom stereocenters. The Hall–Kier alpha value is -3.07. The van der Waals surface area contributed by atoms with Crippen molar-refractivity contribution in [3.05, 3.63) is 71.3 Å². The number of benzene rings is 2. The predicted octanol–water partition coefficient (Wildman–Crippen LogP) is 3.09. The molecule has 162 valence electrons. The van der Waals surface area contributed by atoms with Crippen LogP contribution in [0.3, 0.4) is 0 Å². The van der Waals surface area contributed by atoms with Gasteiger partial charge in [-0.1, -0.05) is 42.5 Å². The van der Waals surface area contributed by atoms with Crippen LogP contribution >= 0.6 is 0 Å². The van der Waals surface area contributed by atoms with E-state index in [0.717, 1.165) is 17.7 Å². The van der Waals surface area contributed by atoms with Gasteiger partial charge in [-0.25, -0.2) is 4.79 Å². The van der Waals surface area contributed by atoms with Gasteiger partial charge in [0.15, 0.2) is 0 Å². The Balaban J connectivity index is 1.71. The Labute approximate surface area is 172 Å². The Kier molecular flexibility index (Phi) is 8.23. The average molecular weight is 423 g/mol. The molecule has 9 heteroatoms. The van der Waals surface area contributed by atoms with Gasteiger partial charge in [0, 0.05) is 33.1 Å². The van der Waals surface area contributed by atoms with Gasteiger partial charge < -0.3 is 20.6 Å². The zero-order valence-electron chi connectivity index (χ0n) is 16.4. The van der Waals surface area contributed by atoms with E-state index in [2.05, 4.69) is 10.6 Å². The summed E-state index contributed by atoms with van der Waals surface area (Å²) in [4.78, 5) is 25.5. The standard InChI is InChI=1S/C21H24F3N3O3/c1-27(14-15-6-3-2-4-7-15)19(29)10-11-25-20(30)26-13-18(28)16-8-5-9-17(12-16)21(22,23)24/h2-9,12,18,28H,10-11,13-14H2,1H3,(H2,25,26,30). The molecule has 1 unspecified atom stereocenters. The van der Waals surface area contributed by atoms with Gasteiger partial charge in [0.1, 0.15) is 0 Å². The van der Waals surface area contributed by atoms with Crippen molar-refractivity contribution in [2.75, 3.05) is 20.1 Å². The van der Waals surface area contributed by atoms with Gasteiger partial charge in [-0.05, 0) is 23.3 Å². The number of rotatable bonds is 8. The Morgan fingerprint density at radius 3 is 2.43 bits per heavy atom. The molecule has 0 aliphatic rings. The van der Waals surface area contributed by atoms with Gasteiger partial charge in [-0.15, -0.1) is 0 Å². The zero-order chi connectivity index (χ0) is 22.1. The fraction of sp³-hybridized carbons (Fsp3) is 0.333. The lowest BCUT2D eigenvalue weighted by Crippen LogP contribution is -2.39. The molecule has 3 N–H and O–H groups in total. The number of urea groups is 1. The summed E-state index contributed by atoms with van der Waals surface area (Å²) in [5, 5.41) is 14.9. The van der Waals surface area contributed by atoms with Gasteiger partial charge in [-0.2, -0.15) is 13.2 Å². The van der Waals surface area contributed by atoms with Gasteiger partial charge in [0.25, 0.3) is 0 Å². The van der Waals surface area contributed by atoms with Gasteiger partial charge in [0.2, 0.25) is 5.91 Å². The monoisotopic (exact) mass is 423 g/mol. The van der Waals surface area contributed by atoms with Crippen LogP contribution in [0.4, 0.5) is 18.0 Å². The quantitative estimate of drug-likeness (QED) is 0.610. The first-order valence-corrected chi connectivity index (χ1v) is 9.31. The van der Waals surface area contributed by atoms with Crippen LogP contribution in [-0.4, -0.2) is 42.1 Å². The van der Waals surface area contributed by atoms with E-state index < -0.39 is 23.9 Å². The fourth-order valence-electron chi connectivity index (χ4n) is 2.71. The van der Waals surface area contributed by atoms with Crippen LogP contribution in [0.25, 0.3) is 0 Å². The molecule has 2 rings (SSSR count). The third-order valence-corrected chi connectivity index (χ3v) is 4.37. The number of carbonyl (C=O) groups is 2. The summed E-state index contributed by atoms with van der Waals surface area (Å²) in [6.45, 7) is 0.271. The normalized spacial score (nSPS) is 12.2. The Bertz CT molecular complexity index is 844. The number of nitrogens with zero attached hydrogens (tertiary/aromatic N) is 1. The largest absolute Gasteiger partial charge is 0.416 e. The number of halogens is 3. The van der Waals surface area contributed by atoms with Crippen molar-refractivity contribution in [2.45, 2.75) is 25.2 Å². The van der Waals surface area contributed by atoms with Crippen molar-refractivity contribution >= 4 is 11.9 Å². The van der Waals surface area contributed by atoms with Crippen LogP contribution in [0.1, 0.15) is 29.2 Å². The first-order chi connectivity index (χ1) is 14.2. The number of hydrogen-bond donors (Lipinski definition) is 3. The van der Waals surface area contributed by atoms with Crippen LogP contribution in [0, 0.1) is 0 Å². The molecule has 2 aromatic carbocycles. The summed E-state index contributed by atoms with van der Waals surface area (Å²) in [5.41, 5.74) is 0.159. The lowest BCUT2D eigenvalue weighted by Gasteiger charge is -2.18. The summed E-state index contributed by atoms with van der Waals surface area (Å²) in [6.07, 6.45) is -5.72. The zero-order valence-corrected chi connectivity index (χ0v) is 16.4. The van der Waals surface area contributed by atoms with E-state index in [0.29, 0.717) is 6.54 Å². The van der Waals surface area contributed by atoms with Gasteiger partial charge in [-0.3, -0.25) is 4.79 Å². The van der Waals surface area contributed by atoms with E-state index in [1.807, 2.05) is 30.3 Å². The van der Waals surface area contributed by atoms with E-state index in [9.17, 15) is 27.9 Å². The summed E-state index contributed by atoms with van der Waals surface area (Å²) in [6, 6.07) is 13.1. The lowest BCUT2D eigenvalue weighted by atomic mass is 10.1. The second-order valence-corrected chi connectivity index (χ2v) is 6.76. The highest BCUT2D eigenvalue weighted by Gasteiger charge is 2.30. The number of alkyl halides is 3. The third-order valence-electron chi connectivity index (χ3n) is 4.37. The molecular formula is C21H24F3N3O3. The molecule has 0 saturated heterocycles. The maximum atomic E-state index is 12.7. The molecular weight excluding hydrogens is 399 g/mol. The molecule has 0 heterocycles. The van der Waals surface area contributed by atoms with E-state index >= 15 is 0 Å². The van der Waals surface area contributed by atoms with Crippen molar-refractivity contribution in [1.29, 1.82) is 0 Å². The van der Waals surface area contributed by atoms with Gasteiger partial charge >= 0.3 is 12.2 Å². The topological polar surface area (TPSA) is 81.7 Å². The highest BCUT2D eigenvalue weighted by atomic mass is 19.4. The second kappa shape index (κ2) is 10.6. The van der Waals surface area contributed by atoms with Crippen LogP contribution in [0.2, 0.25) is 0 Å². The van der Waals surface area contributed by atoms with E-state index in [4.69, 9.17) is 0 Å². The van der Waals surface area contributed by atoms with Crippen molar-refractivity contribution in [3.8, 4) is 0 Å². The van der Waals surface area contributed by atoms with Crippen molar-refractivity contribution in [2.24, 2.45) is 0 Å². The minimum absolute atomic E-state index is 0.0443. The number of carbonyl (C=O) groups excluding carboxylic acids is 2. The molecule has 0 bridgehead atoms. The maximum absolute atomic E-state index is 12.7. The summed E-state index contributed by atoms with van der Waals surface area (Å²) in [5.74, 6) is -0.150. The lowest BCUT2D eigenvalue weighted by molar-refractivity contribution is -0.137. The van der Waals surface area contributed by atoms with Crippen molar-refractivity contribution in [1.82, 2.24) is 15.5 Å². The summed E-state index contributed by atoms with van der Waals surface area (Å²) < 4.78 is 38.2. The first kappa shape index (κ1) is 23.2. The van der Waals surface area contributed by atoms with Crippen LogP contribution in [0.5, 0.6) is 0 Å². The Morgan fingerprint density at radius 1 is 1.07 bits per heavy atom. The van der Waals surface area contributed by atoms with Gasteiger partial charge in [0.05, 0.1) is 11.7 Å². The van der Waals surface area contributed by atoms with Crippen molar-refractivity contribution < 1.29 is 27.9 Å². The molecule has 0 aliphatic heterocycles. The molecule has 6 nitrogen and oxygen atoms in total. The van der Waals surface area contributed by atoms with E-state index in [1.54, 1.807) is 11.9 Å². The molecule has 0 saturated carbocycles. The second-order valence-electron chi connectivity index (χ2n) is 6.76. The molecule has 0 fully saturated rings. The molecule has 0 aromatic heterocycles. The number of nitrogens with one attached hydrogen (secondary N) is 2. The number of amides is 3. The highest BCUT2D eigenvalue weighted by molar-refractivity contribution is 5.78. The van der Waals surface area contributed by atoms with Crippen LogP contribution < -0.4 is 10.6 Å². The number of aliphatic hydroxyl groups is 1. The molecule has 3 amide bonds. The van der Waals surface area contributed by atoms with E-state index in [-0.39, 0.29) is 31.0 Å². The highest BCUT2D eigenvalue weighted by Crippen LogP contribution is 2.30. The maximum Gasteiger partial charge on any atom is 0.416 e. The minimum atomic E-state index is -4.51. The summed E-state index contributed by atoms with van der Waals surface area (Å²) >= 11 is 0. The number of hydrogen-bond acceptors (Lipinski definition) is 3. The average Bonchev–Trinajstić information content (AvgIpc) is 2.72. The SMILES string of the molecule is CN(Cc1ccccc1)C(=O)CCNC(=O)NCC(O)c1cccc(C(F)(F)F)c1. The Morgan fingerprint density at radius 2 is 1.77 bits per heavy atom. The molecule has 2 aromatic rings. The molecule has 30 heavy (non-hydrogen) atoms. The van der Waals surface area contributed by atoms with E-state index in [1.165, 1.54) is 12.1 Å². The van der Waals surface area contributed by atoms with Crippen LogP contribution in [-0.2, 0) is 17.5 Å². The molecule has 0 aliphatic carbocycles. The third kappa shape index (κ3) is 7.40. The first-order valence-electron chi connectivity index (χ1n) is 9.31. The summed E-state index contributed by atoms with van der Waals surface area (Å²) in [7, 11) is 1.67. The number of aliphatic hydroxyl groups excluding tert-OH is 1. The van der Waals surface area contributed by atoms with Crippen LogP contribution in [0.15, 0.2) is 54.6 Å². The fourth-order valence-corrected chi connectivity index (χ4v) is 2.71. The van der Waals surface area contributed by atoms with Crippen molar-refractivity contribution in [3.63, 3.8) is 0 Å². The minimum Gasteiger partial charge on any atom is -0.387 e. The molecule has 0 radical (unpaired) electrons. The molecule has 0 spiro atoms. The smallest absolute Gasteiger partial charge is 0.387 e. The predicted molar refractivity (Wildman–Crippen MR) is 105 cm³/mol.